The van der Waals surface area contributed by atoms with Gasteiger partial charge < -0.3 is 9.64 Å². The zero-order valence-corrected chi connectivity index (χ0v) is 12.3. The van der Waals surface area contributed by atoms with Crippen LogP contribution in [-0.2, 0) is 9.59 Å². The third kappa shape index (κ3) is 4.53. The Morgan fingerprint density at radius 3 is 2.40 bits per heavy atom. The first-order valence-corrected chi connectivity index (χ1v) is 6.72. The van der Waals surface area contributed by atoms with Gasteiger partial charge in [0.05, 0.1) is 7.11 Å². The van der Waals surface area contributed by atoms with Crippen LogP contribution in [0.1, 0.15) is 26.7 Å². The highest BCUT2D eigenvalue weighted by atomic mass is 16.5. The van der Waals surface area contributed by atoms with Crippen molar-refractivity contribution < 1.29 is 14.3 Å². The summed E-state index contributed by atoms with van der Waals surface area (Å²) < 4.78 is 5.10. The normalized spacial score (nSPS) is 10.6. The fourth-order valence-corrected chi connectivity index (χ4v) is 1.77. The van der Waals surface area contributed by atoms with Crippen molar-refractivity contribution in [2.75, 3.05) is 18.6 Å². The number of nitrogens with zero attached hydrogens (tertiary/aromatic N) is 1. The van der Waals surface area contributed by atoms with Crippen molar-refractivity contribution in [3.63, 3.8) is 0 Å². The van der Waals surface area contributed by atoms with Crippen molar-refractivity contribution in [1.29, 1.82) is 0 Å². The summed E-state index contributed by atoms with van der Waals surface area (Å²) in [6.07, 6.45) is 4.06. The Morgan fingerprint density at radius 1 is 1.25 bits per heavy atom. The van der Waals surface area contributed by atoms with E-state index >= 15 is 0 Å². The molecule has 0 saturated carbocycles. The first-order valence-electron chi connectivity index (χ1n) is 6.72. The number of methoxy groups -OCH3 is 1. The van der Waals surface area contributed by atoms with Crippen LogP contribution in [0.4, 0.5) is 5.69 Å². The predicted octanol–water partition coefficient (Wildman–Crippen LogP) is 2.97. The highest BCUT2D eigenvalue weighted by Gasteiger charge is 2.14. The first kappa shape index (κ1) is 16.0. The third-order valence-electron chi connectivity index (χ3n) is 2.97. The molecule has 4 heteroatoms. The lowest BCUT2D eigenvalue weighted by atomic mass is 10.2. The second-order valence-electron chi connectivity index (χ2n) is 4.33. The van der Waals surface area contributed by atoms with Crippen molar-refractivity contribution in [1.82, 2.24) is 0 Å². The molecule has 0 heterocycles. The molecule has 0 aromatic heterocycles. The minimum atomic E-state index is -0.124. The summed E-state index contributed by atoms with van der Waals surface area (Å²) in [6, 6.07) is 7.23. The van der Waals surface area contributed by atoms with Crippen molar-refractivity contribution in [3.05, 3.63) is 36.4 Å². The lowest BCUT2D eigenvalue weighted by Crippen LogP contribution is -2.31. The number of benzene rings is 1. The molecule has 0 spiro atoms. The molecule has 0 aliphatic heterocycles. The highest BCUT2D eigenvalue weighted by Crippen LogP contribution is 2.20. The molecule has 20 heavy (non-hydrogen) atoms. The summed E-state index contributed by atoms with van der Waals surface area (Å²) in [6.45, 7) is 4.01. The molecule has 1 amide bonds. The maximum Gasteiger partial charge on any atom is 0.250 e. The van der Waals surface area contributed by atoms with Gasteiger partial charge in [-0.1, -0.05) is 13.0 Å². The van der Waals surface area contributed by atoms with E-state index in [9.17, 15) is 9.59 Å². The largest absolute Gasteiger partial charge is 0.497 e. The summed E-state index contributed by atoms with van der Waals surface area (Å²) in [5.74, 6) is 0.759. The molecule has 0 bridgehead atoms. The second kappa shape index (κ2) is 8.15. The molecule has 0 fully saturated rings. The number of hydrogen-bond donors (Lipinski definition) is 0. The van der Waals surface area contributed by atoms with Crippen molar-refractivity contribution in [3.8, 4) is 5.75 Å². The van der Waals surface area contributed by atoms with Crippen LogP contribution >= 0.6 is 0 Å². The Balaban J connectivity index is 2.90. The standard InChI is InChI=1S/C16H21NO3/c1-4-6-16(19)17(12-11-14(18)5-2)13-7-9-15(20-3)10-8-13/h4,6-10H,5,11-12H2,1-3H3/b6-4+. The monoisotopic (exact) mass is 275 g/mol. The number of carbonyl (C=O) groups excluding carboxylic acids is 2. The van der Waals surface area contributed by atoms with Crippen LogP contribution in [-0.4, -0.2) is 25.3 Å². The number of anilines is 1. The molecule has 0 N–H and O–H groups in total. The number of carbonyl (C=O) groups is 2. The van der Waals surface area contributed by atoms with Crippen LogP contribution in [0, 0.1) is 0 Å². The minimum absolute atomic E-state index is 0.124. The van der Waals surface area contributed by atoms with E-state index in [4.69, 9.17) is 4.74 Å². The lowest BCUT2D eigenvalue weighted by molar-refractivity contribution is -0.118. The fraction of sp³-hybridized carbons (Fsp3) is 0.375. The Morgan fingerprint density at radius 2 is 1.90 bits per heavy atom. The van der Waals surface area contributed by atoms with Crippen molar-refractivity contribution in [2.24, 2.45) is 0 Å². The number of ketones is 1. The predicted molar refractivity (Wildman–Crippen MR) is 80.1 cm³/mol. The SMILES string of the molecule is C/C=C/C(=O)N(CCC(=O)CC)c1ccc(OC)cc1. The Labute approximate surface area is 120 Å². The quantitative estimate of drug-likeness (QED) is 0.719. The zero-order valence-electron chi connectivity index (χ0n) is 12.3. The van der Waals surface area contributed by atoms with Gasteiger partial charge in [0, 0.05) is 25.1 Å². The fourth-order valence-electron chi connectivity index (χ4n) is 1.77. The molecule has 0 unspecified atom stereocenters. The molecule has 1 rings (SSSR count). The lowest BCUT2D eigenvalue weighted by Gasteiger charge is -2.21. The van der Waals surface area contributed by atoms with Crippen LogP contribution < -0.4 is 9.64 Å². The van der Waals surface area contributed by atoms with E-state index in [0.717, 1.165) is 11.4 Å². The van der Waals surface area contributed by atoms with Crippen LogP contribution in [0.3, 0.4) is 0 Å². The molecule has 1 aromatic rings. The van der Waals surface area contributed by atoms with Crippen LogP contribution in [0.2, 0.25) is 0 Å². The maximum atomic E-state index is 12.1. The minimum Gasteiger partial charge on any atom is -0.497 e. The summed E-state index contributed by atoms with van der Waals surface area (Å²) in [4.78, 5) is 25.2. The maximum absolute atomic E-state index is 12.1. The van der Waals surface area contributed by atoms with Gasteiger partial charge in [0.15, 0.2) is 0 Å². The number of Topliss-reactive ketones (excluding diaryl/α,β-unsaturated/α-hetero) is 1. The number of hydrogen-bond acceptors (Lipinski definition) is 3. The third-order valence-corrected chi connectivity index (χ3v) is 2.97. The molecule has 4 nitrogen and oxygen atoms in total. The van der Waals surface area contributed by atoms with Gasteiger partial charge in [-0.05, 0) is 37.3 Å². The van der Waals surface area contributed by atoms with Gasteiger partial charge in [-0.25, -0.2) is 0 Å². The van der Waals surface area contributed by atoms with E-state index in [0.29, 0.717) is 19.4 Å². The van der Waals surface area contributed by atoms with Gasteiger partial charge in [0.25, 0.3) is 5.91 Å². The van der Waals surface area contributed by atoms with E-state index < -0.39 is 0 Å². The van der Waals surface area contributed by atoms with Gasteiger partial charge in [-0.3, -0.25) is 9.59 Å². The summed E-state index contributed by atoms with van der Waals surface area (Å²) in [5, 5.41) is 0. The molecule has 0 atom stereocenters. The second-order valence-corrected chi connectivity index (χ2v) is 4.33. The number of amides is 1. The van der Waals surface area contributed by atoms with Crippen molar-refractivity contribution in [2.45, 2.75) is 26.7 Å². The summed E-state index contributed by atoms with van der Waals surface area (Å²) in [5.41, 5.74) is 0.762. The number of allylic oxidation sites excluding steroid dienone is 1. The van der Waals surface area contributed by atoms with E-state index in [2.05, 4.69) is 0 Å². The van der Waals surface area contributed by atoms with E-state index in [-0.39, 0.29) is 11.7 Å². The van der Waals surface area contributed by atoms with Crippen molar-refractivity contribution >= 4 is 17.4 Å². The Bertz CT molecular complexity index is 477. The Hall–Kier alpha value is -2.10. The molecule has 0 radical (unpaired) electrons. The van der Waals surface area contributed by atoms with Gasteiger partial charge in [0.2, 0.25) is 0 Å². The van der Waals surface area contributed by atoms with E-state index in [1.807, 2.05) is 19.1 Å². The van der Waals surface area contributed by atoms with Crippen LogP contribution in [0.5, 0.6) is 5.75 Å². The number of rotatable bonds is 7. The van der Waals surface area contributed by atoms with Gasteiger partial charge >= 0.3 is 0 Å². The van der Waals surface area contributed by atoms with Crippen LogP contribution in [0.15, 0.2) is 36.4 Å². The van der Waals surface area contributed by atoms with Crippen LogP contribution in [0.25, 0.3) is 0 Å². The molecule has 1 aromatic carbocycles. The summed E-state index contributed by atoms with van der Waals surface area (Å²) in [7, 11) is 1.59. The average molecular weight is 275 g/mol. The molecule has 0 saturated heterocycles. The molecular weight excluding hydrogens is 254 g/mol. The zero-order chi connectivity index (χ0) is 15.0. The Kier molecular flexibility index (Phi) is 6.50. The molecule has 0 aliphatic carbocycles. The van der Waals surface area contributed by atoms with Gasteiger partial charge in [0.1, 0.15) is 11.5 Å². The topological polar surface area (TPSA) is 46.6 Å². The smallest absolute Gasteiger partial charge is 0.250 e. The highest BCUT2D eigenvalue weighted by molar-refractivity contribution is 6.01. The van der Waals surface area contributed by atoms with Gasteiger partial charge in [-0.2, -0.15) is 0 Å². The molecular formula is C16H21NO3. The van der Waals surface area contributed by atoms with Gasteiger partial charge in [-0.15, -0.1) is 0 Å². The average Bonchev–Trinajstić information content (AvgIpc) is 2.48. The molecule has 108 valence electrons. The summed E-state index contributed by atoms with van der Waals surface area (Å²) >= 11 is 0. The van der Waals surface area contributed by atoms with E-state index in [1.165, 1.54) is 6.08 Å². The number of ether oxygens (including phenoxy) is 1. The molecule has 0 aliphatic rings. The first-order chi connectivity index (χ1) is 9.62. The van der Waals surface area contributed by atoms with E-state index in [1.54, 1.807) is 37.1 Å².